The van der Waals surface area contributed by atoms with Gasteiger partial charge in [-0.3, -0.25) is 4.79 Å². The predicted octanol–water partition coefficient (Wildman–Crippen LogP) is 3.83. The number of nitrogens with zero attached hydrogens (tertiary/aromatic N) is 4. The lowest BCUT2D eigenvalue weighted by Gasteiger charge is -2.25. The van der Waals surface area contributed by atoms with Crippen LogP contribution in [0, 0.1) is 30.0 Å². The molecule has 1 saturated carbocycles. The quantitative estimate of drug-likeness (QED) is 0.275. The smallest absolute Gasteiger partial charge is 0.264 e. The van der Waals surface area contributed by atoms with Crippen LogP contribution >= 0.6 is 0 Å². The SMILES string of the molecule is Cc1cc(Nc2ccc(F)cc2)c(C=N)cc1[C@@]12CN(S(=O)(=O)c3cnn(C)n3)C[C@@H]1[C@H]2C(=O)Nc1ccccc1. The number of carbonyl (C=O) groups excluding carboxylic acids is 1. The van der Waals surface area contributed by atoms with E-state index in [2.05, 4.69) is 20.8 Å². The van der Waals surface area contributed by atoms with E-state index in [0.29, 0.717) is 22.6 Å². The van der Waals surface area contributed by atoms with Gasteiger partial charge in [0.05, 0.1) is 12.1 Å². The van der Waals surface area contributed by atoms with Crippen LogP contribution in [0.1, 0.15) is 16.7 Å². The van der Waals surface area contributed by atoms with E-state index in [1.165, 1.54) is 33.6 Å². The molecule has 1 aliphatic heterocycles. The average molecular weight is 574 g/mol. The van der Waals surface area contributed by atoms with Crippen molar-refractivity contribution in [3.05, 3.63) is 95.4 Å². The van der Waals surface area contributed by atoms with Crippen molar-refractivity contribution in [3.8, 4) is 0 Å². The lowest BCUT2D eigenvalue weighted by Crippen LogP contribution is -2.37. The fourth-order valence-electron chi connectivity index (χ4n) is 6.09. The Labute approximate surface area is 236 Å². The predicted molar refractivity (Wildman–Crippen MR) is 152 cm³/mol. The Morgan fingerprint density at radius 1 is 1.12 bits per heavy atom. The number of benzene rings is 3. The van der Waals surface area contributed by atoms with Gasteiger partial charge < -0.3 is 16.0 Å². The third kappa shape index (κ3) is 4.58. The van der Waals surface area contributed by atoms with Crippen LogP contribution in [0.15, 0.2) is 78.0 Å². The molecule has 210 valence electrons. The van der Waals surface area contributed by atoms with Gasteiger partial charge in [-0.25, -0.2) is 12.8 Å². The standard InChI is InChI=1S/C29H28FN7O3S/c1-18-12-25(33-22-10-8-20(30)9-11-22)19(14-31)13-23(18)29-17-37(41(39,40)26-15-32-36(2)35-26)16-24(29)27(29)28(38)34-21-6-4-3-5-7-21/h3-15,24,27,31,33H,16-17H2,1-2H3,(H,34,38)/t24-,27+,29+/m1/s1. The van der Waals surface area contributed by atoms with Gasteiger partial charge in [0, 0.05) is 54.4 Å². The molecule has 4 aromatic rings. The van der Waals surface area contributed by atoms with E-state index >= 15 is 0 Å². The Hall–Kier alpha value is -4.42. The second-order valence-electron chi connectivity index (χ2n) is 10.5. The Kier molecular flexibility index (Phi) is 6.46. The molecule has 3 atom stereocenters. The number of anilines is 3. The Morgan fingerprint density at radius 3 is 2.51 bits per heavy atom. The highest BCUT2D eigenvalue weighted by Gasteiger charge is 2.74. The summed E-state index contributed by atoms with van der Waals surface area (Å²) in [5.74, 6) is -1.27. The highest BCUT2D eigenvalue weighted by atomic mass is 32.2. The number of nitrogens with one attached hydrogen (secondary N) is 3. The summed E-state index contributed by atoms with van der Waals surface area (Å²) in [6.07, 6.45) is 2.44. The van der Waals surface area contributed by atoms with E-state index in [1.807, 2.05) is 49.4 Å². The average Bonchev–Trinajstić information content (AvgIpc) is 3.21. The number of amides is 1. The number of aryl methyl sites for hydroxylation is 2. The van der Waals surface area contributed by atoms with Crippen LogP contribution in [-0.4, -0.2) is 52.9 Å². The monoisotopic (exact) mass is 573 g/mol. The maximum atomic E-state index is 13.6. The van der Waals surface area contributed by atoms with Gasteiger partial charge in [0.2, 0.25) is 10.9 Å². The van der Waals surface area contributed by atoms with Crippen molar-refractivity contribution < 1.29 is 17.6 Å². The highest BCUT2D eigenvalue weighted by molar-refractivity contribution is 7.89. The van der Waals surface area contributed by atoms with Gasteiger partial charge in [0.15, 0.2) is 0 Å². The molecular weight excluding hydrogens is 545 g/mol. The fourth-order valence-corrected chi connectivity index (χ4v) is 7.50. The number of piperidine rings is 1. The lowest BCUT2D eigenvalue weighted by molar-refractivity contribution is -0.118. The normalized spacial score (nSPS) is 21.7. The molecule has 10 nitrogen and oxygen atoms in total. The molecule has 3 aromatic carbocycles. The third-order valence-electron chi connectivity index (χ3n) is 8.03. The van der Waals surface area contributed by atoms with Crippen LogP contribution in [0.4, 0.5) is 21.5 Å². The highest BCUT2D eigenvalue weighted by Crippen LogP contribution is 2.66. The van der Waals surface area contributed by atoms with Crippen LogP contribution in [0.25, 0.3) is 0 Å². The number of halogens is 1. The molecule has 41 heavy (non-hydrogen) atoms. The molecule has 2 fully saturated rings. The van der Waals surface area contributed by atoms with Gasteiger partial charge in [-0.1, -0.05) is 18.2 Å². The minimum Gasteiger partial charge on any atom is -0.355 e. The summed E-state index contributed by atoms with van der Waals surface area (Å²) in [4.78, 5) is 14.8. The summed E-state index contributed by atoms with van der Waals surface area (Å²) in [7, 11) is -2.38. The Bertz CT molecular complexity index is 1760. The van der Waals surface area contributed by atoms with Crippen molar-refractivity contribution in [3.63, 3.8) is 0 Å². The number of aromatic nitrogens is 3. The number of carbonyl (C=O) groups is 1. The maximum absolute atomic E-state index is 13.6. The van der Waals surface area contributed by atoms with E-state index < -0.39 is 21.4 Å². The number of fused-ring (bicyclic) bond motifs is 1. The van der Waals surface area contributed by atoms with E-state index in [-0.39, 0.29) is 35.8 Å². The van der Waals surface area contributed by atoms with Gasteiger partial charge in [-0.05, 0) is 72.5 Å². The van der Waals surface area contributed by atoms with Crippen LogP contribution in [0.5, 0.6) is 0 Å². The summed E-state index contributed by atoms with van der Waals surface area (Å²) in [5.41, 5.74) is 3.41. The van der Waals surface area contributed by atoms with Crippen molar-refractivity contribution in [2.45, 2.75) is 17.4 Å². The summed E-state index contributed by atoms with van der Waals surface area (Å²) in [6.45, 7) is 2.15. The summed E-state index contributed by atoms with van der Waals surface area (Å²) >= 11 is 0. The maximum Gasteiger partial charge on any atom is 0.264 e. The first kappa shape index (κ1) is 26.8. The van der Waals surface area contributed by atoms with Gasteiger partial charge in [-0.2, -0.15) is 14.2 Å². The van der Waals surface area contributed by atoms with Crippen molar-refractivity contribution >= 4 is 39.2 Å². The van der Waals surface area contributed by atoms with Crippen LogP contribution < -0.4 is 10.6 Å². The van der Waals surface area contributed by atoms with E-state index in [1.54, 1.807) is 19.2 Å². The van der Waals surface area contributed by atoms with Crippen molar-refractivity contribution in [2.75, 3.05) is 23.7 Å². The van der Waals surface area contributed by atoms with Crippen LogP contribution in [0.3, 0.4) is 0 Å². The van der Waals surface area contributed by atoms with E-state index in [4.69, 9.17) is 5.41 Å². The first-order chi connectivity index (χ1) is 19.6. The zero-order valence-electron chi connectivity index (χ0n) is 22.4. The molecule has 0 spiro atoms. The molecule has 1 aliphatic carbocycles. The Morgan fingerprint density at radius 2 is 1.85 bits per heavy atom. The minimum absolute atomic E-state index is 0.0897. The first-order valence-electron chi connectivity index (χ1n) is 13.0. The number of para-hydroxylation sites is 1. The topological polar surface area (TPSA) is 133 Å². The molecule has 2 heterocycles. The largest absolute Gasteiger partial charge is 0.355 e. The van der Waals surface area contributed by atoms with Gasteiger partial charge in [0.1, 0.15) is 5.82 Å². The Balaban J connectivity index is 1.38. The van der Waals surface area contributed by atoms with Gasteiger partial charge >= 0.3 is 0 Å². The number of hydrogen-bond donors (Lipinski definition) is 3. The van der Waals surface area contributed by atoms with Crippen LogP contribution in [0.2, 0.25) is 0 Å². The lowest BCUT2D eigenvalue weighted by atomic mass is 9.87. The molecular formula is C29H28FN7O3S. The van der Waals surface area contributed by atoms with Crippen molar-refractivity contribution in [1.82, 2.24) is 19.3 Å². The molecule has 0 unspecified atom stereocenters. The summed E-state index contributed by atoms with van der Waals surface area (Å²) in [6, 6.07) is 18.8. The minimum atomic E-state index is -3.94. The first-order valence-corrected chi connectivity index (χ1v) is 14.5. The van der Waals surface area contributed by atoms with Crippen molar-refractivity contribution in [2.24, 2.45) is 18.9 Å². The molecule has 3 N–H and O–H groups in total. The van der Waals surface area contributed by atoms with E-state index in [9.17, 15) is 17.6 Å². The zero-order chi connectivity index (χ0) is 28.9. The number of sulfonamides is 1. The molecule has 1 aromatic heterocycles. The van der Waals surface area contributed by atoms with Gasteiger partial charge in [-0.15, -0.1) is 5.10 Å². The molecule has 1 amide bonds. The molecule has 0 radical (unpaired) electrons. The molecule has 0 bridgehead atoms. The molecule has 12 heteroatoms. The molecule has 1 saturated heterocycles. The zero-order valence-corrected chi connectivity index (χ0v) is 23.2. The second-order valence-corrected chi connectivity index (χ2v) is 12.4. The summed E-state index contributed by atoms with van der Waals surface area (Å²) < 4.78 is 41.8. The number of rotatable bonds is 8. The van der Waals surface area contributed by atoms with E-state index in [0.717, 1.165) is 11.1 Å². The van der Waals surface area contributed by atoms with Crippen molar-refractivity contribution in [1.29, 1.82) is 5.41 Å². The molecule has 6 rings (SSSR count). The fraction of sp³-hybridized carbons (Fsp3) is 0.241. The molecule has 2 aliphatic rings. The third-order valence-corrected chi connectivity index (χ3v) is 9.71. The number of hydrogen-bond acceptors (Lipinski definition) is 7. The summed E-state index contributed by atoms with van der Waals surface area (Å²) in [5, 5.41) is 22.1. The van der Waals surface area contributed by atoms with Crippen LogP contribution in [-0.2, 0) is 27.3 Å². The van der Waals surface area contributed by atoms with Gasteiger partial charge in [0.25, 0.3) is 10.0 Å². The second kappa shape index (κ2) is 9.89.